The maximum absolute atomic E-state index is 13.8. The first-order chi connectivity index (χ1) is 12.6. The molecule has 0 aliphatic carbocycles. The lowest BCUT2D eigenvalue weighted by Gasteiger charge is -2.06. The van der Waals surface area contributed by atoms with Gasteiger partial charge in [0.2, 0.25) is 5.82 Å². The Hall–Kier alpha value is -2.82. The summed E-state index contributed by atoms with van der Waals surface area (Å²) in [4.78, 5) is 2.99. The molecule has 0 fully saturated rings. The van der Waals surface area contributed by atoms with Gasteiger partial charge in [-0.1, -0.05) is 5.16 Å². The van der Waals surface area contributed by atoms with Gasteiger partial charge in [-0.05, 0) is 36.4 Å². The number of hydrogen-bond donors (Lipinski definition) is 0. The van der Waals surface area contributed by atoms with Gasteiger partial charge in [-0.15, -0.1) is 0 Å². The van der Waals surface area contributed by atoms with Gasteiger partial charge in [0, 0.05) is 17.9 Å². The molecule has 1 aromatic heterocycles. The average molecular weight is 403 g/mol. The Balaban J connectivity index is 1.92. The lowest BCUT2D eigenvalue weighted by molar-refractivity contribution is -0.159. The fourth-order valence-corrected chi connectivity index (χ4v) is 3.52. The Morgan fingerprint density at radius 3 is 2.30 bits per heavy atom. The monoisotopic (exact) mass is 403 g/mol. The van der Waals surface area contributed by atoms with Crippen molar-refractivity contribution in [3.05, 3.63) is 60.0 Å². The number of hydrogen-bond acceptors (Lipinski definition) is 5. The van der Waals surface area contributed by atoms with Gasteiger partial charge < -0.3 is 4.52 Å². The van der Waals surface area contributed by atoms with E-state index in [2.05, 4.69) is 19.0 Å². The molecular weight excluding hydrogens is 393 g/mol. The normalized spacial score (nSPS) is 14.0. The molecular formula is C16H10F5N3O2S. The first kappa shape index (κ1) is 19.0. The second kappa shape index (κ2) is 6.72. The smallest absolute Gasteiger partial charge is 0.329 e. The van der Waals surface area contributed by atoms with E-state index in [1.54, 1.807) is 0 Å². The van der Waals surface area contributed by atoms with Gasteiger partial charge in [0.15, 0.2) is 0 Å². The van der Waals surface area contributed by atoms with E-state index in [0.717, 1.165) is 12.1 Å². The van der Waals surface area contributed by atoms with Crippen LogP contribution in [-0.4, -0.2) is 20.6 Å². The number of halogens is 5. The lowest BCUT2D eigenvalue weighted by atomic mass is 10.2. The summed E-state index contributed by atoms with van der Waals surface area (Å²) in [6.45, 7) is 0. The maximum atomic E-state index is 13.8. The van der Waals surface area contributed by atoms with E-state index in [9.17, 15) is 26.2 Å². The Labute approximate surface area is 150 Å². The zero-order valence-corrected chi connectivity index (χ0v) is 14.3. The minimum atomic E-state index is -4.76. The molecule has 3 aromatic rings. The molecule has 1 unspecified atom stereocenters. The molecule has 0 saturated carbocycles. The van der Waals surface area contributed by atoms with Crippen LogP contribution in [0.25, 0.3) is 11.4 Å². The Kier molecular flexibility index (Phi) is 4.72. The molecule has 1 heterocycles. The van der Waals surface area contributed by atoms with Crippen LogP contribution in [0.15, 0.2) is 56.2 Å². The third kappa shape index (κ3) is 4.13. The summed E-state index contributed by atoms with van der Waals surface area (Å²) in [6, 6.07) is 8.01. The van der Waals surface area contributed by atoms with Crippen LogP contribution in [0.4, 0.5) is 27.6 Å². The van der Waals surface area contributed by atoms with Crippen LogP contribution in [0, 0.1) is 11.6 Å². The second-order valence-electron chi connectivity index (χ2n) is 5.44. The van der Waals surface area contributed by atoms with E-state index in [1.165, 1.54) is 30.5 Å². The summed E-state index contributed by atoms with van der Waals surface area (Å²) in [7, 11) is -3.22. The molecule has 5 nitrogen and oxygen atoms in total. The Morgan fingerprint density at radius 1 is 1.07 bits per heavy atom. The number of aromatic nitrogens is 2. The summed E-state index contributed by atoms with van der Waals surface area (Å²) in [5.74, 6) is -3.56. The first-order valence-corrected chi connectivity index (χ1v) is 9.17. The molecule has 11 heteroatoms. The standard InChI is InChI=1S/C16H10F5N3O2S/c1-27(25,13-7-4-10(17)8-12(13)18)24-11-5-2-9(3-6-11)14-22-15(26-23-14)16(19,20)21/h2-8H,1H3. The topological polar surface area (TPSA) is 68.3 Å². The highest BCUT2D eigenvalue weighted by Crippen LogP contribution is 2.30. The zero-order valence-electron chi connectivity index (χ0n) is 13.5. The second-order valence-corrected chi connectivity index (χ2v) is 7.66. The van der Waals surface area contributed by atoms with Gasteiger partial charge in [0.1, 0.15) is 11.6 Å². The Bertz CT molecular complexity index is 1100. The summed E-state index contributed by atoms with van der Waals surface area (Å²) in [6.07, 6.45) is -3.57. The molecule has 0 bridgehead atoms. The quantitative estimate of drug-likeness (QED) is 0.588. The van der Waals surface area contributed by atoms with Crippen LogP contribution in [0.1, 0.15) is 5.89 Å². The Morgan fingerprint density at radius 2 is 1.74 bits per heavy atom. The molecule has 0 radical (unpaired) electrons. The fraction of sp³-hybridized carbons (Fsp3) is 0.125. The van der Waals surface area contributed by atoms with Gasteiger partial charge in [-0.25, -0.2) is 13.0 Å². The van der Waals surface area contributed by atoms with Crippen LogP contribution in [0.5, 0.6) is 0 Å². The minimum Gasteiger partial charge on any atom is -0.329 e. The van der Waals surface area contributed by atoms with E-state index < -0.39 is 33.4 Å². The number of alkyl halides is 3. The van der Waals surface area contributed by atoms with Crippen LogP contribution >= 0.6 is 0 Å². The summed E-state index contributed by atoms with van der Waals surface area (Å²) < 4.78 is 85.1. The van der Waals surface area contributed by atoms with Crippen LogP contribution in [-0.2, 0) is 15.9 Å². The van der Waals surface area contributed by atoms with Crippen molar-refractivity contribution < 1.29 is 30.7 Å². The van der Waals surface area contributed by atoms with E-state index in [-0.39, 0.29) is 22.0 Å². The zero-order chi connectivity index (χ0) is 19.8. The predicted molar refractivity (Wildman–Crippen MR) is 85.5 cm³/mol. The SMILES string of the molecule is CS(=O)(=Nc1ccc(-c2noc(C(F)(F)F)n2)cc1)c1ccc(F)cc1F. The van der Waals surface area contributed by atoms with Crippen molar-refractivity contribution in [2.24, 2.45) is 4.36 Å². The molecule has 142 valence electrons. The van der Waals surface area contributed by atoms with Crippen LogP contribution < -0.4 is 0 Å². The van der Waals surface area contributed by atoms with Crippen molar-refractivity contribution in [3.8, 4) is 11.4 Å². The van der Waals surface area contributed by atoms with E-state index in [1.807, 2.05) is 0 Å². The average Bonchev–Trinajstić information content (AvgIpc) is 3.05. The molecule has 0 saturated heterocycles. The van der Waals surface area contributed by atoms with Gasteiger partial charge >= 0.3 is 12.1 Å². The molecule has 3 rings (SSSR count). The van der Waals surface area contributed by atoms with E-state index in [0.29, 0.717) is 6.07 Å². The van der Waals surface area contributed by atoms with Crippen molar-refractivity contribution in [2.45, 2.75) is 11.1 Å². The molecule has 0 aliphatic rings. The third-order valence-corrected chi connectivity index (χ3v) is 5.08. The van der Waals surface area contributed by atoms with Crippen LogP contribution in [0.3, 0.4) is 0 Å². The molecule has 0 spiro atoms. The van der Waals surface area contributed by atoms with Crippen molar-refractivity contribution in [2.75, 3.05) is 6.26 Å². The van der Waals surface area contributed by atoms with Crippen molar-refractivity contribution in [1.82, 2.24) is 10.1 Å². The highest BCUT2D eigenvalue weighted by atomic mass is 32.2. The summed E-state index contributed by atoms with van der Waals surface area (Å²) in [5, 5.41) is 3.25. The highest BCUT2D eigenvalue weighted by Gasteiger charge is 2.38. The fourth-order valence-electron chi connectivity index (χ4n) is 2.16. The largest absolute Gasteiger partial charge is 0.471 e. The third-order valence-electron chi connectivity index (χ3n) is 3.38. The van der Waals surface area contributed by atoms with Crippen LogP contribution in [0.2, 0.25) is 0 Å². The van der Waals surface area contributed by atoms with Crippen molar-refractivity contribution in [3.63, 3.8) is 0 Å². The molecule has 2 aromatic carbocycles. The number of benzene rings is 2. The summed E-state index contributed by atoms with van der Waals surface area (Å²) in [5.41, 5.74) is 0.387. The number of nitrogens with zero attached hydrogens (tertiary/aromatic N) is 3. The van der Waals surface area contributed by atoms with Crippen molar-refractivity contribution >= 4 is 15.4 Å². The first-order valence-electron chi connectivity index (χ1n) is 7.25. The van der Waals surface area contributed by atoms with Gasteiger partial charge in [0.05, 0.1) is 20.3 Å². The highest BCUT2D eigenvalue weighted by molar-refractivity contribution is 7.93. The molecule has 0 amide bonds. The molecule has 1 atom stereocenters. The molecule has 0 aliphatic heterocycles. The van der Waals surface area contributed by atoms with E-state index >= 15 is 0 Å². The van der Waals surface area contributed by atoms with Gasteiger partial charge in [-0.3, -0.25) is 0 Å². The predicted octanol–water partition coefficient (Wildman–Crippen LogP) is 4.82. The van der Waals surface area contributed by atoms with E-state index in [4.69, 9.17) is 0 Å². The molecule has 27 heavy (non-hydrogen) atoms. The van der Waals surface area contributed by atoms with Gasteiger partial charge in [-0.2, -0.15) is 22.5 Å². The van der Waals surface area contributed by atoms with Gasteiger partial charge in [0.25, 0.3) is 0 Å². The minimum absolute atomic E-state index is 0.175. The lowest BCUT2D eigenvalue weighted by Crippen LogP contribution is -2.04. The number of rotatable bonds is 3. The maximum Gasteiger partial charge on any atom is 0.471 e. The van der Waals surface area contributed by atoms with Crippen molar-refractivity contribution in [1.29, 1.82) is 0 Å². The molecule has 0 N–H and O–H groups in total. The summed E-state index contributed by atoms with van der Waals surface area (Å²) >= 11 is 0.